The number of amides is 1. The fourth-order valence-electron chi connectivity index (χ4n) is 3.68. The molecule has 1 amide bonds. The minimum absolute atomic E-state index is 0.101. The average Bonchev–Trinajstić information content (AvgIpc) is 2.90. The van der Waals surface area contributed by atoms with Crippen LogP contribution in [0.3, 0.4) is 0 Å². The Morgan fingerprint density at radius 2 is 1.78 bits per heavy atom. The molecule has 2 heterocycles. The SMILES string of the molecule is CC1=C(C(=O)N2CCCCCC2)C(c2ccc(OC(C)C)cc2)NC(=S)N1. The molecule has 1 aromatic carbocycles. The maximum Gasteiger partial charge on any atom is 0.253 e. The molecule has 146 valence electrons. The summed E-state index contributed by atoms with van der Waals surface area (Å²) >= 11 is 5.35. The van der Waals surface area contributed by atoms with E-state index in [1.54, 1.807) is 0 Å². The number of nitrogens with zero attached hydrogens (tertiary/aromatic N) is 1. The van der Waals surface area contributed by atoms with Gasteiger partial charge in [0, 0.05) is 18.8 Å². The van der Waals surface area contributed by atoms with Crippen molar-refractivity contribution in [3.8, 4) is 5.75 Å². The summed E-state index contributed by atoms with van der Waals surface area (Å²) in [5, 5.41) is 6.96. The van der Waals surface area contributed by atoms with E-state index in [0.717, 1.165) is 48.5 Å². The Morgan fingerprint density at radius 1 is 1.15 bits per heavy atom. The molecule has 1 fully saturated rings. The van der Waals surface area contributed by atoms with Crippen molar-refractivity contribution in [2.24, 2.45) is 0 Å². The highest BCUT2D eigenvalue weighted by atomic mass is 32.1. The van der Waals surface area contributed by atoms with E-state index < -0.39 is 0 Å². The van der Waals surface area contributed by atoms with Gasteiger partial charge in [-0.3, -0.25) is 4.79 Å². The normalized spacial score (nSPS) is 20.8. The zero-order valence-electron chi connectivity index (χ0n) is 16.4. The molecule has 2 N–H and O–H groups in total. The molecular weight excluding hydrogens is 358 g/mol. The maximum atomic E-state index is 13.3. The third-order valence-corrected chi connectivity index (χ3v) is 5.20. The van der Waals surface area contributed by atoms with Gasteiger partial charge in [0.25, 0.3) is 5.91 Å². The summed E-state index contributed by atoms with van der Waals surface area (Å²) in [6.07, 6.45) is 4.67. The molecule has 0 aromatic heterocycles. The third-order valence-electron chi connectivity index (χ3n) is 4.98. The minimum atomic E-state index is -0.248. The fourth-order valence-corrected chi connectivity index (χ4v) is 3.95. The van der Waals surface area contributed by atoms with Crippen LogP contribution in [0.1, 0.15) is 58.1 Å². The van der Waals surface area contributed by atoms with Crippen LogP contribution in [0.5, 0.6) is 5.75 Å². The molecule has 1 unspecified atom stereocenters. The zero-order valence-corrected chi connectivity index (χ0v) is 17.2. The standard InChI is InChI=1S/C21H29N3O2S/c1-14(2)26-17-10-8-16(9-11-17)19-18(15(3)22-21(27)23-19)20(25)24-12-6-4-5-7-13-24/h8-11,14,19H,4-7,12-13H2,1-3H3,(H2,22,23,27). The summed E-state index contributed by atoms with van der Waals surface area (Å²) in [6.45, 7) is 7.60. The Hall–Kier alpha value is -2.08. The van der Waals surface area contributed by atoms with E-state index in [1.807, 2.05) is 49.9 Å². The van der Waals surface area contributed by atoms with E-state index in [2.05, 4.69) is 10.6 Å². The number of likely N-dealkylation sites (tertiary alicyclic amines) is 1. The molecule has 6 heteroatoms. The van der Waals surface area contributed by atoms with Crippen molar-refractivity contribution in [2.45, 2.75) is 58.6 Å². The van der Waals surface area contributed by atoms with Gasteiger partial charge in [-0.25, -0.2) is 0 Å². The number of hydrogen-bond acceptors (Lipinski definition) is 3. The number of hydrogen-bond donors (Lipinski definition) is 2. The second-order valence-electron chi connectivity index (χ2n) is 7.51. The Kier molecular flexibility index (Phi) is 6.37. The number of allylic oxidation sites excluding steroid dienone is 1. The highest BCUT2D eigenvalue weighted by Crippen LogP contribution is 2.30. The van der Waals surface area contributed by atoms with Crippen LogP contribution in [-0.4, -0.2) is 35.1 Å². The first-order chi connectivity index (χ1) is 13.0. The van der Waals surface area contributed by atoms with Gasteiger partial charge >= 0.3 is 0 Å². The van der Waals surface area contributed by atoms with E-state index in [4.69, 9.17) is 17.0 Å². The average molecular weight is 388 g/mol. The van der Waals surface area contributed by atoms with Gasteiger partial charge in [0.15, 0.2) is 5.11 Å². The lowest BCUT2D eigenvalue weighted by atomic mass is 9.94. The first-order valence-electron chi connectivity index (χ1n) is 9.80. The van der Waals surface area contributed by atoms with Gasteiger partial charge in [0.1, 0.15) is 5.75 Å². The summed E-state index contributed by atoms with van der Waals surface area (Å²) in [5.74, 6) is 0.927. The van der Waals surface area contributed by atoms with Crippen molar-refractivity contribution in [1.82, 2.24) is 15.5 Å². The molecule has 1 aromatic rings. The number of ether oxygens (including phenoxy) is 1. The van der Waals surface area contributed by atoms with Gasteiger partial charge in [-0.2, -0.15) is 0 Å². The van der Waals surface area contributed by atoms with Crippen molar-refractivity contribution in [1.29, 1.82) is 0 Å². The molecule has 1 saturated heterocycles. The summed E-state index contributed by atoms with van der Waals surface area (Å²) in [7, 11) is 0. The summed E-state index contributed by atoms with van der Waals surface area (Å²) in [6, 6.07) is 7.66. The highest BCUT2D eigenvalue weighted by Gasteiger charge is 2.32. The number of benzene rings is 1. The number of carbonyl (C=O) groups is 1. The van der Waals surface area contributed by atoms with Gasteiger partial charge in [-0.05, 0) is 63.5 Å². The number of nitrogens with one attached hydrogen (secondary N) is 2. The molecule has 27 heavy (non-hydrogen) atoms. The Balaban J connectivity index is 1.88. The molecule has 1 atom stereocenters. The van der Waals surface area contributed by atoms with E-state index in [9.17, 15) is 4.79 Å². The molecule has 3 rings (SSSR count). The summed E-state index contributed by atoms with van der Waals surface area (Å²) < 4.78 is 5.74. The van der Waals surface area contributed by atoms with E-state index in [0.29, 0.717) is 5.11 Å². The Morgan fingerprint density at radius 3 is 2.37 bits per heavy atom. The molecule has 0 spiro atoms. The smallest absolute Gasteiger partial charge is 0.253 e. The minimum Gasteiger partial charge on any atom is -0.491 e. The van der Waals surface area contributed by atoms with Gasteiger partial charge < -0.3 is 20.3 Å². The number of carbonyl (C=O) groups excluding carboxylic acids is 1. The van der Waals surface area contributed by atoms with Crippen molar-refractivity contribution < 1.29 is 9.53 Å². The lowest BCUT2D eigenvalue weighted by Crippen LogP contribution is -2.47. The van der Waals surface area contributed by atoms with E-state index in [-0.39, 0.29) is 18.1 Å². The Bertz CT molecular complexity index is 719. The predicted molar refractivity (Wildman–Crippen MR) is 112 cm³/mol. The summed E-state index contributed by atoms with van der Waals surface area (Å²) in [4.78, 5) is 15.3. The zero-order chi connectivity index (χ0) is 19.4. The first-order valence-corrected chi connectivity index (χ1v) is 10.2. The Labute approximate surface area is 167 Å². The van der Waals surface area contributed by atoms with Gasteiger partial charge in [0.2, 0.25) is 0 Å². The van der Waals surface area contributed by atoms with Crippen LogP contribution in [0.25, 0.3) is 0 Å². The molecule has 5 nitrogen and oxygen atoms in total. The number of thiocarbonyl (C=S) groups is 1. The predicted octanol–water partition coefficient (Wildman–Crippen LogP) is 3.67. The molecule has 0 aliphatic carbocycles. The second kappa shape index (κ2) is 8.74. The van der Waals surface area contributed by atoms with Gasteiger partial charge in [-0.15, -0.1) is 0 Å². The molecule has 0 bridgehead atoms. The van der Waals surface area contributed by atoms with Crippen LogP contribution in [0.2, 0.25) is 0 Å². The third kappa shape index (κ3) is 4.80. The highest BCUT2D eigenvalue weighted by molar-refractivity contribution is 7.80. The molecule has 0 saturated carbocycles. The van der Waals surface area contributed by atoms with Crippen LogP contribution in [0, 0.1) is 0 Å². The molecular formula is C21H29N3O2S. The monoisotopic (exact) mass is 387 g/mol. The van der Waals surface area contributed by atoms with Crippen molar-refractivity contribution in [3.05, 3.63) is 41.1 Å². The van der Waals surface area contributed by atoms with Crippen LogP contribution in [-0.2, 0) is 4.79 Å². The maximum absolute atomic E-state index is 13.3. The first kappa shape index (κ1) is 19.7. The van der Waals surface area contributed by atoms with Gasteiger partial charge in [-0.1, -0.05) is 25.0 Å². The molecule has 2 aliphatic rings. The molecule has 0 radical (unpaired) electrons. The van der Waals surface area contributed by atoms with Crippen LogP contribution < -0.4 is 15.4 Å². The number of rotatable bonds is 4. The van der Waals surface area contributed by atoms with Crippen LogP contribution in [0.15, 0.2) is 35.5 Å². The largest absolute Gasteiger partial charge is 0.491 e. The van der Waals surface area contributed by atoms with Crippen molar-refractivity contribution in [3.63, 3.8) is 0 Å². The second-order valence-corrected chi connectivity index (χ2v) is 7.92. The fraction of sp³-hybridized carbons (Fsp3) is 0.524. The molecule has 2 aliphatic heterocycles. The topological polar surface area (TPSA) is 53.6 Å². The van der Waals surface area contributed by atoms with Crippen LogP contribution in [0.4, 0.5) is 0 Å². The van der Waals surface area contributed by atoms with E-state index >= 15 is 0 Å². The van der Waals surface area contributed by atoms with Crippen molar-refractivity contribution >= 4 is 23.2 Å². The lowest BCUT2D eigenvalue weighted by molar-refractivity contribution is -0.127. The summed E-state index contributed by atoms with van der Waals surface area (Å²) in [5.41, 5.74) is 2.59. The van der Waals surface area contributed by atoms with Crippen LogP contribution >= 0.6 is 12.2 Å². The van der Waals surface area contributed by atoms with E-state index in [1.165, 1.54) is 12.8 Å². The lowest BCUT2D eigenvalue weighted by Gasteiger charge is -2.33. The quantitative estimate of drug-likeness (QED) is 0.772. The van der Waals surface area contributed by atoms with Crippen molar-refractivity contribution in [2.75, 3.05) is 13.1 Å². The van der Waals surface area contributed by atoms with Gasteiger partial charge in [0.05, 0.1) is 17.7 Å².